The van der Waals surface area contributed by atoms with Gasteiger partial charge in [0, 0.05) is 44.0 Å². The molecule has 0 spiro atoms. The van der Waals surface area contributed by atoms with Crippen molar-refractivity contribution in [1.29, 1.82) is 0 Å². The number of benzene rings is 3. The number of hydrogen-bond donors (Lipinski definition) is 1. The van der Waals surface area contributed by atoms with E-state index >= 15 is 0 Å². The molecule has 178 valence electrons. The van der Waals surface area contributed by atoms with Crippen LogP contribution >= 0.6 is 0 Å². The molecule has 1 aliphatic rings. The van der Waals surface area contributed by atoms with Crippen molar-refractivity contribution in [2.45, 2.75) is 31.7 Å². The van der Waals surface area contributed by atoms with Gasteiger partial charge in [0.2, 0.25) is 10.0 Å². The van der Waals surface area contributed by atoms with Gasteiger partial charge in [0.15, 0.2) is 0 Å². The lowest BCUT2D eigenvalue weighted by Crippen LogP contribution is -2.48. The van der Waals surface area contributed by atoms with Crippen molar-refractivity contribution >= 4 is 21.6 Å². The molecule has 0 aromatic heterocycles. The Morgan fingerprint density at radius 3 is 2.21 bits per heavy atom. The van der Waals surface area contributed by atoms with E-state index in [9.17, 15) is 13.2 Å². The molecule has 1 aliphatic heterocycles. The van der Waals surface area contributed by atoms with Crippen LogP contribution in [0.2, 0.25) is 0 Å². The van der Waals surface area contributed by atoms with Crippen molar-refractivity contribution in [2.75, 3.05) is 31.5 Å². The predicted molar refractivity (Wildman–Crippen MR) is 135 cm³/mol. The summed E-state index contributed by atoms with van der Waals surface area (Å²) in [6.45, 7) is 6.90. The minimum atomic E-state index is -3.47. The lowest BCUT2D eigenvalue weighted by atomic mass is 10.1. The van der Waals surface area contributed by atoms with E-state index in [1.807, 2.05) is 67.6 Å². The zero-order chi connectivity index (χ0) is 24.1. The highest BCUT2D eigenvalue weighted by Gasteiger charge is 2.28. The largest absolute Gasteiger partial charge is 0.322 e. The maximum atomic E-state index is 12.9. The Kier molecular flexibility index (Phi) is 7.46. The zero-order valence-corrected chi connectivity index (χ0v) is 20.5. The third-order valence-corrected chi connectivity index (χ3v) is 8.12. The van der Waals surface area contributed by atoms with Gasteiger partial charge in [-0.05, 0) is 60.9 Å². The van der Waals surface area contributed by atoms with Crippen LogP contribution in [0, 0.1) is 6.92 Å². The van der Waals surface area contributed by atoms with E-state index < -0.39 is 10.0 Å². The van der Waals surface area contributed by atoms with Gasteiger partial charge in [0.1, 0.15) is 0 Å². The molecule has 1 saturated heterocycles. The van der Waals surface area contributed by atoms with Crippen molar-refractivity contribution in [3.05, 3.63) is 95.1 Å². The molecule has 3 aromatic carbocycles. The number of aryl methyl sites for hydroxylation is 2. The first-order valence-corrected chi connectivity index (χ1v) is 13.1. The molecule has 0 radical (unpaired) electrons. The number of amides is 1. The van der Waals surface area contributed by atoms with E-state index in [-0.39, 0.29) is 5.91 Å². The smallest absolute Gasteiger partial charge is 0.255 e. The Bertz CT molecular complexity index is 1230. The molecule has 4 rings (SSSR count). The molecule has 1 amide bonds. The Hall–Kier alpha value is -3.00. The van der Waals surface area contributed by atoms with Crippen LogP contribution < -0.4 is 5.32 Å². The van der Waals surface area contributed by atoms with Crippen molar-refractivity contribution < 1.29 is 13.2 Å². The molecule has 7 heteroatoms. The summed E-state index contributed by atoms with van der Waals surface area (Å²) in [4.78, 5) is 15.3. The topological polar surface area (TPSA) is 69.7 Å². The zero-order valence-electron chi connectivity index (χ0n) is 19.7. The minimum Gasteiger partial charge on any atom is -0.322 e. The number of rotatable bonds is 7. The van der Waals surface area contributed by atoms with Gasteiger partial charge in [-0.1, -0.05) is 48.9 Å². The molecule has 6 nitrogen and oxygen atoms in total. The number of piperazine rings is 1. The highest BCUT2D eigenvalue weighted by Crippen LogP contribution is 2.20. The number of hydrogen-bond acceptors (Lipinski definition) is 4. The van der Waals surface area contributed by atoms with Crippen LogP contribution in [0.1, 0.15) is 34.0 Å². The van der Waals surface area contributed by atoms with Gasteiger partial charge in [-0.3, -0.25) is 9.69 Å². The molecule has 3 aromatic rings. The molecule has 1 heterocycles. The third-order valence-electron chi connectivity index (χ3n) is 6.21. The van der Waals surface area contributed by atoms with Crippen molar-refractivity contribution in [3.8, 4) is 0 Å². The second kappa shape index (κ2) is 10.5. The molecule has 0 unspecified atom stereocenters. The average molecular weight is 478 g/mol. The Morgan fingerprint density at radius 1 is 0.882 bits per heavy atom. The standard InChI is InChI=1S/C27H31N3O3S/c1-3-22-9-11-25(12-10-22)28-27(31)24-6-4-5-23(19-24)20-29-15-17-30(18-16-29)34(32,33)26-13-7-21(2)8-14-26/h4-14,19H,3,15-18,20H2,1-2H3,(H,28,31). The lowest BCUT2D eigenvalue weighted by molar-refractivity contribution is 0.102. The van der Waals surface area contributed by atoms with Crippen LogP contribution in [0.25, 0.3) is 0 Å². The Morgan fingerprint density at radius 2 is 1.56 bits per heavy atom. The molecule has 0 aliphatic carbocycles. The molecule has 1 fully saturated rings. The van der Waals surface area contributed by atoms with Crippen LogP contribution in [0.3, 0.4) is 0 Å². The van der Waals surface area contributed by atoms with Gasteiger partial charge >= 0.3 is 0 Å². The van der Waals surface area contributed by atoms with E-state index in [4.69, 9.17) is 0 Å². The van der Waals surface area contributed by atoms with Gasteiger partial charge in [0.25, 0.3) is 5.91 Å². The first-order chi connectivity index (χ1) is 16.3. The summed E-state index contributed by atoms with van der Waals surface area (Å²) in [5, 5.41) is 2.96. The summed E-state index contributed by atoms with van der Waals surface area (Å²) in [6, 6.07) is 22.5. The average Bonchev–Trinajstić information content (AvgIpc) is 2.85. The van der Waals surface area contributed by atoms with Crippen LogP contribution in [-0.2, 0) is 23.0 Å². The van der Waals surface area contributed by atoms with Gasteiger partial charge in [-0.2, -0.15) is 4.31 Å². The molecule has 0 saturated carbocycles. The quantitative estimate of drug-likeness (QED) is 0.550. The van der Waals surface area contributed by atoms with Crippen molar-refractivity contribution in [3.63, 3.8) is 0 Å². The van der Waals surface area contributed by atoms with Gasteiger partial charge in [-0.15, -0.1) is 0 Å². The summed E-state index contributed by atoms with van der Waals surface area (Å²) < 4.78 is 27.4. The molecular formula is C27H31N3O3S. The van der Waals surface area contributed by atoms with E-state index in [1.54, 1.807) is 16.4 Å². The van der Waals surface area contributed by atoms with E-state index in [2.05, 4.69) is 17.1 Å². The SMILES string of the molecule is CCc1ccc(NC(=O)c2cccc(CN3CCN(S(=O)(=O)c4ccc(C)cc4)CC3)c2)cc1. The predicted octanol–water partition coefficient (Wildman–Crippen LogP) is 4.32. The number of sulfonamides is 1. The van der Waals surface area contributed by atoms with Crippen LogP contribution in [0.5, 0.6) is 0 Å². The molecule has 0 bridgehead atoms. The van der Waals surface area contributed by atoms with Crippen LogP contribution in [0.15, 0.2) is 77.7 Å². The van der Waals surface area contributed by atoms with Gasteiger partial charge < -0.3 is 5.32 Å². The highest BCUT2D eigenvalue weighted by molar-refractivity contribution is 7.89. The fourth-order valence-electron chi connectivity index (χ4n) is 4.08. The number of nitrogens with one attached hydrogen (secondary N) is 1. The van der Waals surface area contributed by atoms with E-state index in [0.29, 0.717) is 43.2 Å². The summed E-state index contributed by atoms with van der Waals surface area (Å²) in [5.74, 6) is -0.139. The number of nitrogens with zero attached hydrogens (tertiary/aromatic N) is 2. The monoisotopic (exact) mass is 477 g/mol. The first-order valence-electron chi connectivity index (χ1n) is 11.6. The van der Waals surface area contributed by atoms with Gasteiger partial charge in [-0.25, -0.2) is 8.42 Å². The molecule has 1 N–H and O–H groups in total. The second-order valence-corrected chi connectivity index (χ2v) is 10.6. The highest BCUT2D eigenvalue weighted by atomic mass is 32.2. The van der Waals surface area contributed by atoms with Crippen LogP contribution in [0.4, 0.5) is 5.69 Å². The third kappa shape index (κ3) is 5.73. The summed E-state index contributed by atoms with van der Waals surface area (Å²) in [7, 11) is -3.47. The molecular weight excluding hydrogens is 446 g/mol. The molecule has 0 atom stereocenters. The normalized spacial score (nSPS) is 15.2. The number of carbonyl (C=O) groups is 1. The summed E-state index contributed by atoms with van der Waals surface area (Å²) in [6.07, 6.45) is 0.961. The minimum absolute atomic E-state index is 0.139. The van der Waals surface area contributed by atoms with E-state index in [0.717, 1.165) is 23.2 Å². The van der Waals surface area contributed by atoms with Crippen LogP contribution in [-0.4, -0.2) is 49.7 Å². The fraction of sp³-hybridized carbons (Fsp3) is 0.296. The maximum absolute atomic E-state index is 12.9. The van der Waals surface area contributed by atoms with Crippen molar-refractivity contribution in [2.24, 2.45) is 0 Å². The number of anilines is 1. The fourth-order valence-corrected chi connectivity index (χ4v) is 5.51. The Labute approximate surface area is 202 Å². The first kappa shape index (κ1) is 24.1. The lowest BCUT2D eigenvalue weighted by Gasteiger charge is -2.34. The van der Waals surface area contributed by atoms with E-state index in [1.165, 1.54) is 5.56 Å². The number of carbonyl (C=O) groups excluding carboxylic acids is 1. The van der Waals surface area contributed by atoms with Crippen molar-refractivity contribution in [1.82, 2.24) is 9.21 Å². The molecule has 34 heavy (non-hydrogen) atoms. The summed E-state index contributed by atoms with van der Waals surface area (Å²) in [5.41, 5.74) is 4.68. The summed E-state index contributed by atoms with van der Waals surface area (Å²) >= 11 is 0. The second-order valence-electron chi connectivity index (χ2n) is 8.70. The Balaban J connectivity index is 1.34. The maximum Gasteiger partial charge on any atom is 0.255 e. The van der Waals surface area contributed by atoms with Gasteiger partial charge in [0.05, 0.1) is 4.90 Å².